The molecule has 0 amide bonds. The highest BCUT2D eigenvalue weighted by Gasteiger charge is 2.50. The summed E-state index contributed by atoms with van der Waals surface area (Å²) in [5.41, 5.74) is 3.45. The van der Waals surface area contributed by atoms with Crippen LogP contribution >= 0.6 is 0 Å². The van der Waals surface area contributed by atoms with Crippen LogP contribution in [0, 0.1) is 27.9 Å². The summed E-state index contributed by atoms with van der Waals surface area (Å²) in [5.74, 6) is 1.99. The molecule has 3 fully saturated rings. The molecule has 186 valence electrons. The molecule has 3 saturated carbocycles. The molecular weight excluding hydrogens is 442 g/mol. The van der Waals surface area contributed by atoms with Crippen molar-refractivity contribution in [3.63, 3.8) is 0 Å². The lowest BCUT2D eigenvalue weighted by Crippen LogP contribution is -2.36. The summed E-state index contributed by atoms with van der Waals surface area (Å²) in [6.07, 6.45) is 10.8. The largest absolute Gasteiger partial charge is 0.393 e. The fraction of sp³-hybridized carbons (Fsp3) is 0.586. The number of benzene rings is 1. The molecule has 0 saturated heterocycles. The first kappa shape index (κ1) is 25.4. The highest BCUT2D eigenvalue weighted by molar-refractivity contribution is 7.92. The quantitative estimate of drug-likeness (QED) is 0.447. The summed E-state index contributed by atoms with van der Waals surface area (Å²) in [6, 6.07) is 9.27. The van der Waals surface area contributed by atoms with Crippen molar-refractivity contribution in [3.05, 3.63) is 65.8 Å². The van der Waals surface area contributed by atoms with Gasteiger partial charge in [0.1, 0.15) is 0 Å². The normalized spacial score (nSPS) is 36.9. The lowest BCUT2D eigenvalue weighted by molar-refractivity contribution is 0.0861. The molecule has 0 aromatic heterocycles. The van der Waals surface area contributed by atoms with Crippen LogP contribution in [0.25, 0.3) is 0 Å². The second-order valence-corrected chi connectivity index (χ2v) is 13.4. The maximum atomic E-state index is 13.0. The van der Waals surface area contributed by atoms with Gasteiger partial charge in [-0.25, -0.2) is 8.99 Å². The SMILES string of the molecule is C=C1/C(=C\C=C2/CCC[C@@]3(C)[C@H]2CC[C@H]3[C@H](C)CCS(=N)(=O)c2ccccc2)C[C@@H](O)C[C@@H]1O. The van der Waals surface area contributed by atoms with Crippen LogP contribution in [0.15, 0.2) is 70.7 Å². The zero-order valence-corrected chi connectivity index (χ0v) is 21.5. The molecule has 4 nitrogen and oxygen atoms in total. The summed E-state index contributed by atoms with van der Waals surface area (Å²) in [4.78, 5) is 0.646. The van der Waals surface area contributed by atoms with E-state index in [1.165, 1.54) is 31.3 Å². The van der Waals surface area contributed by atoms with Gasteiger partial charge in [0.15, 0.2) is 0 Å². The van der Waals surface area contributed by atoms with Crippen LogP contribution < -0.4 is 0 Å². The molecule has 0 radical (unpaired) electrons. The predicted octanol–water partition coefficient (Wildman–Crippen LogP) is 6.26. The van der Waals surface area contributed by atoms with Crippen molar-refractivity contribution in [1.82, 2.24) is 0 Å². The lowest BCUT2D eigenvalue weighted by Gasteiger charge is -2.44. The Labute approximate surface area is 205 Å². The van der Waals surface area contributed by atoms with E-state index in [9.17, 15) is 14.4 Å². The zero-order valence-electron chi connectivity index (χ0n) is 20.7. The fourth-order valence-corrected chi connectivity index (χ4v) is 8.53. The molecule has 34 heavy (non-hydrogen) atoms. The van der Waals surface area contributed by atoms with Crippen molar-refractivity contribution in [3.8, 4) is 0 Å². The second kappa shape index (κ2) is 10.1. The Hall–Kier alpha value is -1.69. The van der Waals surface area contributed by atoms with E-state index in [0.29, 0.717) is 41.2 Å². The van der Waals surface area contributed by atoms with Crippen molar-refractivity contribution < 1.29 is 14.4 Å². The highest BCUT2D eigenvalue weighted by atomic mass is 32.2. The summed E-state index contributed by atoms with van der Waals surface area (Å²) in [6.45, 7) is 8.81. The maximum absolute atomic E-state index is 13.0. The smallest absolute Gasteiger partial charge is 0.0811 e. The molecule has 0 aliphatic heterocycles. The number of allylic oxidation sites excluding steroid dienone is 3. The van der Waals surface area contributed by atoms with Gasteiger partial charge in [0, 0.05) is 17.1 Å². The minimum Gasteiger partial charge on any atom is -0.393 e. The van der Waals surface area contributed by atoms with E-state index in [2.05, 4.69) is 32.6 Å². The van der Waals surface area contributed by atoms with Crippen molar-refractivity contribution >= 4 is 9.73 Å². The third-order valence-electron chi connectivity index (χ3n) is 8.97. The van der Waals surface area contributed by atoms with Gasteiger partial charge in [-0.1, -0.05) is 56.4 Å². The van der Waals surface area contributed by atoms with E-state index < -0.39 is 21.9 Å². The van der Waals surface area contributed by atoms with Gasteiger partial charge in [-0.05, 0) is 91.4 Å². The van der Waals surface area contributed by atoms with E-state index in [1.54, 1.807) is 0 Å². The molecule has 4 rings (SSSR count). The first-order valence-corrected chi connectivity index (χ1v) is 14.6. The Morgan fingerprint density at radius 3 is 2.71 bits per heavy atom. The Kier molecular flexibility index (Phi) is 7.56. The summed E-state index contributed by atoms with van der Waals surface area (Å²) in [5, 5.41) is 20.2. The number of aliphatic hydroxyl groups excluding tert-OH is 2. The first-order chi connectivity index (χ1) is 16.1. The summed E-state index contributed by atoms with van der Waals surface area (Å²) < 4.78 is 21.5. The van der Waals surface area contributed by atoms with E-state index in [0.717, 1.165) is 24.0 Å². The van der Waals surface area contributed by atoms with Gasteiger partial charge >= 0.3 is 0 Å². The molecule has 3 aliphatic carbocycles. The fourth-order valence-electron chi connectivity index (χ4n) is 6.99. The van der Waals surface area contributed by atoms with Crippen molar-refractivity contribution in [2.75, 3.05) is 5.75 Å². The molecule has 0 spiro atoms. The van der Waals surface area contributed by atoms with Crippen LogP contribution in [-0.4, -0.2) is 32.4 Å². The Balaban J connectivity index is 1.46. The number of nitrogens with one attached hydrogen (secondary N) is 1. The van der Waals surface area contributed by atoms with Gasteiger partial charge in [-0.2, -0.15) is 0 Å². The third kappa shape index (κ3) is 5.12. The number of rotatable bonds is 6. The van der Waals surface area contributed by atoms with E-state index in [1.807, 2.05) is 30.3 Å². The molecule has 3 aliphatic rings. The van der Waals surface area contributed by atoms with Crippen LogP contribution in [0.2, 0.25) is 0 Å². The molecular formula is C29H41NO3S. The van der Waals surface area contributed by atoms with Crippen molar-refractivity contribution in [1.29, 1.82) is 4.78 Å². The number of aliphatic hydroxyl groups is 2. The highest BCUT2D eigenvalue weighted by Crippen LogP contribution is 2.59. The van der Waals surface area contributed by atoms with Crippen LogP contribution in [0.5, 0.6) is 0 Å². The Morgan fingerprint density at radius 1 is 1.24 bits per heavy atom. The van der Waals surface area contributed by atoms with Crippen LogP contribution in [0.4, 0.5) is 0 Å². The molecule has 1 aromatic carbocycles. The average Bonchev–Trinajstić information content (AvgIpc) is 3.17. The van der Waals surface area contributed by atoms with Gasteiger partial charge in [0.25, 0.3) is 0 Å². The second-order valence-electron chi connectivity index (χ2n) is 11.1. The standard InChI is InChI=1S/C29H41NO3S/c1-20(15-17-34(30,33)25-9-5-4-6-10-25)26-13-14-27-22(8-7-16-29(26,27)3)11-12-23-18-24(31)19-28(32)21(23)2/h4-6,9-12,20,24,26-28,30-32H,2,7-8,13-19H2,1,3H3/b22-11+,23-12-/t20-,24-,26+,27+,28+,29-,34?/m1/s1. The zero-order chi connectivity index (χ0) is 24.5. The van der Waals surface area contributed by atoms with Crippen molar-refractivity contribution in [2.24, 2.45) is 23.2 Å². The molecule has 1 aromatic rings. The van der Waals surface area contributed by atoms with Gasteiger partial charge in [0.2, 0.25) is 0 Å². The first-order valence-electron chi connectivity index (χ1n) is 12.9. The van der Waals surface area contributed by atoms with E-state index >= 15 is 0 Å². The molecule has 3 N–H and O–H groups in total. The van der Waals surface area contributed by atoms with Crippen LogP contribution in [0.3, 0.4) is 0 Å². The average molecular weight is 484 g/mol. The topological polar surface area (TPSA) is 81.4 Å². The minimum atomic E-state index is -2.75. The van der Waals surface area contributed by atoms with Gasteiger partial charge in [-0.15, -0.1) is 0 Å². The lowest BCUT2D eigenvalue weighted by atomic mass is 9.61. The summed E-state index contributed by atoms with van der Waals surface area (Å²) in [7, 11) is -2.75. The summed E-state index contributed by atoms with van der Waals surface area (Å²) >= 11 is 0. The van der Waals surface area contributed by atoms with Crippen LogP contribution in [-0.2, 0) is 9.73 Å². The van der Waals surface area contributed by atoms with E-state index in [-0.39, 0.29) is 5.41 Å². The molecule has 5 heteroatoms. The Bertz CT molecular complexity index is 1060. The van der Waals surface area contributed by atoms with Gasteiger partial charge in [0.05, 0.1) is 21.9 Å². The van der Waals surface area contributed by atoms with Gasteiger partial charge in [-0.3, -0.25) is 0 Å². The molecule has 7 atom stereocenters. The molecule has 1 unspecified atom stereocenters. The number of fused-ring (bicyclic) bond motifs is 1. The number of hydrogen-bond acceptors (Lipinski definition) is 4. The molecule has 0 heterocycles. The van der Waals surface area contributed by atoms with Gasteiger partial charge < -0.3 is 10.2 Å². The monoisotopic (exact) mass is 483 g/mol. The minimum absolute atomic E-state index is 0.236. The third-order valence-corrected chi connectivity index (χ3v) is 10.8. The van der Waals surface area contributed by atoms with Crippen molar-refractivity contribution in [2.45, 2.75) is 82.3 Å². The predicted molar refractivity (Wildman–Crippen MR) is 139 cm³/mol. The maximum Gasteiger partial charge on any atom is 0.0811 e. The molecule has 0 bridgehead atoms. The Morgan fingerprint density at radius 2 is 1.97 bits per heavy atom. The van der Waals surface area contributed by atoms with E-state index in [4.69, 9.17) is 4.78 Å². The number of hydrogen-bond donors (Lipinski definition) is 3. The van der Waals surface area contributed by atoms with Crippen LogP contribution in [0.1, 0.15) is 65.2 Å².